The number of aliphatic carboxylic acids is 1. The van der Waals surface area contributed by atoms with Gasteiger partial charge >= 0.3 is 18.2 Å². The van der Waals surface area contributed by atoms with Crippen molar-refractivity contribution in [3.05, 3.63) is 29.8 Å². The molecule has 1 aliphatic heterocycles. The van der Waals surface area contributed by atoms with Crippen LogP contribution >= 0.6 is 0 Å². The molecule has 1 heterocycles. The predicted molar refractivity (Wildman–Crippen MR) is 81.7 cm³/mol. The number of carboxylic acids is 1. The maximum absolute atomic E-state index is 12.4. The number of halogens is 3. The van der Waals surface area contributed by atoms with E-state index >= 15 is 0 Å². The van der Waals surface area contributed by atoms with Crippen LogP contribution in [0.2, 0.25) is 0 Å². The van der Waals surface area contributed by atoms with E-state index in [0.717, 1.165) is 0 Å². The van der Waals surface area contributed by atoms with Crippen molar-refractivity contribution >= 4 is 17.7 Å². The Kier molecular flexibility index (Phi) is 5.36. The van der Waals surface area contributed by atoms with Crippen LogP contribution in [0.25, 0.3) is 0 Å². The fraction of sp³-hybridized carbons (Fsp3) is 0.500. The van der Waals surface area contributed by atoms with Crippen LogP contribution in [0, 0.1) is 11.8 Å². The van der Waals surface area contributed by atoms with E-state index in [1.807, 2.05) is 6.92 Å². The molecule has 0 bridgehead atoms. The number of alkyl halides is 3. The third-order valence-corrected chi connectivity index (χ3v) is 3.88. The summed E-state index contributed by atoms with van der Waals surface area (Å²) < 4.78 is 37.3. The van der Waals surface area contributed by atoms with Crippen molar-refractivity contribution in [3.63, 3.8) is 0 Å². The normalized spacial score (nSPS) is 21.4. The van der Waals surface area contributed by atoms with Gasteiger partial charge in [0.05, 0.1) is 12.3 Å². The number of urea groups is 1. The quantitative estimate of drug-likeness (QED) is 0.883. The SMILES string of the molecule is CC1CC(C(=O)O)CN(C(=O)Nc2cccc(CC(F)(F)F)c2)C1. The van der Waals surface area contributed by atoms with Crippen molar-refractivity contribution in [1.29, 1.82) is 0 Å². The maximum atomic E-state index is 12.4. The minimum absolute atomic E-state index is 0.0437. The maximum Gasteiger partial charge on any atom is 0.393 e. The van der Waals surface area contributed by atoms with Gasteiger partial charge in [-0.05, 0) is 30.0 Å². The zero-order valence-electron chi connectivity index (χ0n) is 13.1. The highest BCUT2D eigenvalue weighted by molar-refractivity contribution is 5.89. The lowest BCUT2D eigenvalue weighted by Gasteiger charge is -2.34. The smallest absolute Gasteiger partial charge is 0.393 e. The van der Waals surface area contributed by atoms with E-state index in [-0.39, 0.29) is 23.7 Å². The summed E-state index contributed by atoms with van der Waals surface area (Å²) in [6.07, 6.45) is -4.89. The Morgan fingerprint density at radius 3 is 2.67 bits per heavy atom. The molecule has 8 heteroatoms. The van der Waals surface area contributed by atoms with E-state index in [1.165, 1.54) is 29.2 Å². The summed E-state index contributed by atoms with van der Waals surface area (Å²) in [4.78, 5) is 24.8. The first-order valence-corrected chi connectivity index (χ1v) is 7.58. The van der Waals surface area contributed by atoms with Crippen LogP contribution in [0.3, 0.4) is 0 Å². The Balaban J connectivity index is 2.03. The van der Waals surface area contributed by atoms with Crippen LogP contribution in [0.4, 0.5) is 23.7 Å². The average molecular weight is 344 g/mol. The molecular weight excluding hydrogens is 325 g/mol. The number of nitrogens with one attached hydrogen (secondary N) is 1. The van der Waals surface area contributed by atoms with Crippen molar-refractivity contribution in [2.75, 3.05) is 18.4 Å². The number of benzene rings is 1. The van der Waals surface area contributed by atoms with Gasteiger partial charge in [-0.3, -0.25) is 4.79 Å². The topological polar surface area (TPSA) is 69.6 Å². The molecule has 1 aromatic rings. The fourth-order valence-electron chi connectivity index (χ4n) is 2.89. The lowest BCUT2D eigenvalue weighted by Crippen LogP contribution is -2.47. The molecule has 1 fully saturated rings. The number of piperidine rings is 1. The number of carbonyl (C=O) groups excluding carboxylic acids is 1. The van der Waals surface area contributed by atoms with Gasteiger partial charge in [-0.25, -0.2) is 4.79 Å². The second-order valence-electron chi connectivity index (χ2n) is 6.20. The molecule has 2 rings (SSSR count). The summed E-state index contributed by atoms with van der Waals surface area (Å²) in [5, 5.41) is 11.7. The van der Waals surface area contributed by atoms with Crippen molar-refractivity contribution in [3.8, 4) is 0 Å². The molecule has 24 heavy (non-hydrogen) atoms. The zero-order valence-corrected chi connectivity index (χ0v) is 13.1. The predicted octanol–water partition coefficient (Wildman–Crippen LogP) is 3.37. The van der Waals surface area contributed by atoms with Gasteiger partial charge in [0.2, 0.25) is 0 Å². The molecule has 2 N–H and O–H groups in total. The molecule has 5 nitrogen and oxygen atoms in total. The third-order valence-electron chi connectivity index (χ3n) is 3.88. The zero-order chi connectivity index (χ0) is 17.9. The van der Waals surface area contributed by atoms with E-state index in [1.54, 1.807) is 0 Å². The molecule has 2 atom stereocenters. The molecule has 0 spiro atoms. The first-order chi connectivity index (χ1) is 11.1. The number of likely N-dealkylation sites (tertiary alicyclic amines) is 1. The Morgan fingerprint density at radius 1 is 1.33 bits per heavy atom. The number of nitrogens with zero attached hydrogens (tertiary/aromatic N) is 1. The van der Waals surface area contributed by atoms with E-state index in [9.17, 15) is 22.8 Å². The lowest BCUT2D eigenvalue weighted by molar-refractivity contribution is -0.143. The van der Waals surface area contributed by atoms with Gasteiger partial charge in [0.15, 0.2) is 0 Å². The number of hydrogen-bond acceptors (Lipinski definition) is 2. The largest absolute Gasteiger partial charge is 0.481 e. The lowest BCUT2D eigenvalue weighted by atomic mass is 9.91. The van der Waals surface area contributed by atoms with E-state index in [2.05, 4.69) is 5.32 Å². The van der Waals surface area contributed by atoms with Gasteiger partial charge in [0.1, 0.15) is 0 Å². The number of anilines is 1. The molecule has 132 valence electrons. The second kappa shape index (κ2) is 7.11. The molecule has 1 aliphatic rings. The third kappa shape index (κ3) is 5.14. The Labute approximate surface area is 137 Å². The molecule has 1 aromatic carbocycles. The molecule has 2 amide bonds. The van der Waals surface area contributed by atoms with Crippen molar-refractivity contribution in [1.82, 2.24) is 4.90 Å². The van der Waals surface area contributed by atoms with Gasteiger partial charge in [-0.15, -0.1) is 0 Å². The fourth-order valence-corrected chi connectivity index (χ4v) is 2.89. The summed E-state index contributed by atoms with van der Waals surface area (Å²) in [5.41, 5.74) is 0.308. The number of hydrogen-bond donors (Lipinski definition) is 2. The molecule has 1 saturated heterocycles. The Morgan fingerprint density at radius 2 is 2.04 bits per heavy atom. The van der Waals surface area contributed by atoms with E-state index in [4.69, 9.17) is 5.11 Å². The average Bonchev–Trinajstić information content (AvgIpc) is 2.45. The van der Waals surface area contributed by atoms with Gasteiger partial charge < -0.3 is 15.3 Å². The molecular formula is C16H19F3N2O3. The summed E-state index contributed by atoms with van der Waals surface area (Å²) >= 11 is 0. The van der Waals surface area contributed by atoms with Crippen molar-refractivity contribution in [2.45, 2.75) is 25.9 Å². The van der Waals surface area contributed by atoms with Gasteiger partial charge in [-0.1, -0.05) is 19.1 Å². The van der Waals surface area contributed by atoms with Crippen LogP contribution in [-0.2, 0) is 11.2 Å². The Bertz CT molecular complexity index is 619. The molecule has 0 aliphatic carbocycles. The van der Waals surface area contributed by atoms with Crippen LogP contribution in [0.1, 0.15) is 18.9 Å². The minimum Gasteiger partial charge on any atom is -0.481 e. The highest BCUT2D eigenvalue weighted by atomic mass is 19.4. The van der Waals surface area contributed by atoms with E-state index in [0.29, 0.717) is 13.0 Å². The first-order valence-electron chi connectivity index (χ1n) is 7.58. The van der Waals surface area contributed by atoms with Gasteiger partial charge in [0, 0.05) is 18.8 Å². The molecule has 0 saturated carbocycles. The van der Waals surface area contributed by atoms with Crippen LogP contribution in [0.15, 0.2) is 24.3 Å². The monoisotopic (exact) mass is 344 g/mol. The van der Waals surface area contributed by atoms with Gasteiger partial charge in [-0.2, -0.15) is 13.2 Å². The van der Waals surface area contributed by atoms with Crippen LogP contribution in [-0.4, -0.2) is 41.3 Å². The summed E-state index contributed by atoms with van der Waals surface area (Å²) in [7, 11) is 0. The Hall–Kier alpha value is -2.25. The van der Waals surface area contributed by atoms with E-state index < -0.39 is 30.5 Å². The second-order valence-corrected chi connectivity index (χ2v) is 6.20. The first kappa shape index (κ1) is 18.1. The van der Waals surface area contributed by atoms with Crippen molar-refractivity contribution in [2.24, 2.45) is 11.8 Å². The standard InChI is InChI=1S/C16H19F3N2O3/c1-10-5-12(14(22)23)9-21(8-10)15(24)20-13-4-2-3-11(6-13)7-16(17,18)19/h2-4,6,10,12H,5,7-9H2,1H3,(H,20,24)(H,22,23). The number of carbonyl (C=O) groups is 2. The number of rotatable bonds is 3. The van der Waals surface area contributed by atoms with Gasteiger partial charge in [0.25, 0.3) is 0 Å². The van der Waals surface area contributed by atoms with Crippen LogP contribution in [0.5, 0.6) is 0 Å². The molecule has 0 radical (unpaired) electrons. The van der Waals surface area contributed by atoms with Crippen LogP contribution < -0.4 is 5.32 Å². The van der Waals surface area contributed by atoms with Crippen molar-refractivity contribution < 1.29 is 27.9 Å². The molecule has 0 aromatic heterocycles. The highest BCUT2D eigenvalue weighted by Gasteiger charge is 2.32. The molecule has 2 unspecified atom stereocenters. The minimum atomic E-state index is -4.32. The number of carboxylic acid groups (broad SMARTS) is 1. The summed E-state index contributed by atoms with van der Waals surface area (Å²) in [6, 6.07) is 5.05. The number of amides is 2. The summed E-state index contributed by atoms with van der Waals surface area (Å²) in [5.74, 6) is -1.54. The summed E-state index contributed by atoms with van der Waals surface area (Å²) in [6.45, 7) is 2.37. The highest BCUT2D eigenvalue weighted by Crippen LogP contribution is 2.24.